The molecule has 3 rings (SSSR count). The molecule has 0 radical (unpaired) electrons. The maximum atomic E-state index is 12.2. The molecule has 2 aromatic carbocycles. The maximum Gasteiger partial charge on any atom is 0.345 e. The molecule has 1 N–H and O–H groups in total. The summed E-state index contributed by atoms with van der Waals surface area (Å²) in [6.45, 7) is 0.578. The van der Waals surface area contributed by atoms with Gasteiger partial charge in [-0.3, -0.25) is 0 Å². The van der Waals surface area contributed by atoms with Gasteiger partial charge in [-0.15, -0.1) is 0 Å². The van der Waals surface area contributed by atoms with Crippen LogP contribution in [-0.4, -0.2) is 24.8 Å². The van der Waals surface area contributed by atoms with Gasteiger partial charge in [0.1, 0.15) is 5.69 Å². The zero-order chi connectivity index (χ0) is 17.6. The summed E-state index contributed by atoms with van der Waals surface area (Å²) in [6, 6.07) is 17.0. The van der Waals surface area contributed by atoms with Crippen molar-refractivity contribution in [3.05, 3.63) is 70.7 Å². The Kier molecular flexibility index (Phi) is 5.36. The van der Waals surface area contributed by atoms with Crippen LogP contribution in [-0.2, 0) is 11.2 Å². The molecular weight excluding hydrogens is 340 g/mol. The van der Waals surface area contributed by atoms with Gasteiger partial charge in [0.25, 0.3) is 0 Å². The number of anilines is 1. The lowest BCUT2D eigenvalue weighted by Gasteiger charge is -2.06. The van der Waals surface area contributed by atoms with Gasteiger partial charge in [-0.05, 0) is 24.1 Å². The van der Waals surface area contributed by atoms with Crippen molar-refractivity contribution in [2.24, 2.45) is 0 Å². The smallest absolute Gasteiger partial charge is 0.345 e. The number of esters is 1. The van der Waals surface area contributed by atoms with Gasteiger partial charge in [-0.25, -0.2) is 4.79 Å². The van der Waals surface area contributed by atoms with Gasteiger partial charge >= 0.3 is 5.97 Å². The highest BCUT2D eigenvalue weighted by molar-refractivity contribution is 6.30. The van der Waals surface area contributed by atoms with Gasteiger partial charge in [0.15, 0.2) is 5.56 Å². The fourth-order valence-electron chi connectivity index (χ4n) is 2.47. The van der Waals surface area contributed by atoms with Crippen molar-refractivity contribution < 1.29 is 14.1 Å². The monoisotopic (exact) mass is 356 g/mol. The van der Waals surface area contributed by atoms with Gasteiger partial charge < -0.3 is 14.6 Å². The second-order valence-electron chi connectivity index (χ2n) is 5.40. The average molecular weight is 357 g/mol. The van der Waals surface area contributed by atoms with Crippen molar-refractivity contribution in [3.8, 4) is 11.3 Å². The number of carbonyl (C=O) groups excluding carboxylic acids is 1. The molecule has 0 amide bonds. The number of rotatable bonds is 6. The van der Waals surface area contributed by atoms with E-state index in [0.29, 0.717) is 28.7 Å². The summed E-state index contributed by atoms with van der Waals surface area (Å²) in [5, 5.41) is 7.86. The first kappa shape index (κ1) is 17.0. The third-order valence-corrected chi connectivity index (χ3v) is 3.99. The van der Waals surface area contributed by atoms with Crippen molar-refractivity contribution >= 4 is 23.5 Å². The summed E-state index contributed by atoms with van der Waals surface area (Å²) in [4.78, 5) is 12.2. The number of carbonyl (C=O) groups is 1. The number of methoxy groups -OCH3 is 1. The van der Waals surface area contributed by atoms with E-state index in [1.165, 1.54) is 7.11 Å². The predicted molar refractivity (Wildman–Crippen MR) is 96.9 cm³/mol. The van der Waals surface area contributed by atoms with Crippen LogP contribution in [0.4, 0.5) is 5.88 Å². The van der Waals surface area contributed by atoms with Crippen LogP contribution in [0.15, 0.2) is 59.1 Å². The minimum absolute atomic E-state index is 0.296. The maximum absolute atomic E-state index is 12.2. The number of ether oxygens (including phenoxy) is 1. The summed E-state index contributed by atoms with van der Waals surface area (Å²) in [6.07, 6.45) is 0.749. The third-order valence-electron chi connectivity index (χ3n) is 3.74. The van der Waals surface area contributed by atoms with Crippen LogP contribution in [0.1, 0.15) is 15.9 Å². The van der Waals surface area contributed by atoms with Crippen LogP contribution in [0.25, 0.3) is 11.3 Å². The van der Waals surface area contributed by atoms with Crippen LogP contribution in [0.3, 0.4) is 0 Å². The molecule has 0 atom stereocenters. The lowest BCUT2D eigenvalue weighted by atomic mass is 10.1. The molecule has 0 saturated carbocycles. The Bertz CT molecular complexity index is 845. The van der Waals surface area contributed by atoms with Crippen LogP contribution in [0, 0.1) is 0 Å². The normalized spacial score (nSPS) is 10.5. The minimum Gasteiger partial charge on any atom is -0.465 e. The molecule has 0 aliphatic heterocycles. The number of aromatic nitrogens is 1. The highest BCUT2D eigenvalue weighted by atomic mass is 35.5. The Balaban J connectivity index is 1.78. The van der Waals surface area contributed by atoms with Crippen molar-refractivity contribution in [3.63, 3.8) is 0 Å². The van der Waals surface area contributed by atoms with Gasteiger partial charge in [0.2, 0.25) is 5.88 Å². The van der Waals surface area contributed by atoms with Crippen LogP contribution >= 0.6 is 11.6 Å². The van der Waals surface area contributed by atoms with Crippen molar-refractivity contribution in [1.82, 2.24) is 5.16 Å². The molecule has 0 spiro atoms. The molecule has 1 heterocycles. The van der Waals surface area contributed by atoms with E-state index in [1.54, 1.807) is 0 Å². The Morgan fingerprint density at radius 3 is 2.56 bits per heavy atom. The van der Waals surface area contributed by atoms with E-state index < -0.39 is 5.97 Å². The predicted octanol–water partition coefficient (Wildman–Crippen LogP) is 4.44. The fourth-order valence-corrected chi connectivity index (χ4v) is 2.59. The van der Waals surface area contributed by atoms with E-state index in [4.69, 9.17) is 20.9 Å². The highest BCUT2D eigenvalue weighted by Gasteiger charge is 2.24. The van der Waals surface area contributed by atoms with Crippen LogP contribution < -0.4 is 5.32 Å². The number of halogens is 1. The molecule has 0 aliphatic carbocycles. The number of nitrogens with one attached hydrogen (secondary N) is 1. The molecule has 128 valence electrons. The topological polar surface area (TPSA) is 64.4 Å². The molecule has 0 saturated heterocycles. The zero-order valence-electron chi connectivity index (χ0n) is 13.7. The second-order valence-corrected chi connectivity index (χ2v) is 5.83. The molecule has 0 aliphatic rings. The van der Waals surface area contributed by atoms with Crippen molar-refractivity contribution in [2.45, 2.75) is 6.42 Å². The lowest BCUT2D eigenvalue weighted by molar-refractivity contribution is 0.0602. The molecule has 5 nitrogen and oxygen atoms in total. The molecule has 1 aromatic heterocycles. The first-order valence-electron chi connectivity index (χ1n) is 7.80. The third kappa shape index (κ3) is 4.00. The number of hydrogen-bond acceptors (Lipinski definition) is 5. The SMILES string of the molecule is COC(=O)c1c(-c2ccccc2)noc1NCCc1ccc(Cl)cc1. The van der Waals surface area contributed by atoms with Crippen molar-refractivity contribution in [2.75, 3.05) is 19.0 Å². The molecule has 6 heteroatoms. The van der Waals surface area contributed by atoms with E-state index in [2.05, 4.69) is 10.5 Å². The molecular formula is C19H17ClN2O3. The highest BCUT2D eigenvalue weighted by Crippen LogP contribution is 2.29. The molecule has 3 aromatic rings. The van der Waals surface area contributed by atoms with E-state index >= 15 is 0 Å². The molecule has 0 unspecified atom stereocenters. The van der Waals surface area contributed by atoms with Crippen LogP contribution in [0.2, 0.25) is 5.02 Å². The first-order chi connectivity index (χ1) is 12.2. The van der Waals surface area contributed by atoms with E-state index in [9.17, 15) is 4.79 Å². The lowest BCUT2D eigenvalue weighted by Crippen LogP contribution is -2.10. The number of nitrogens with zero attached hydrogens (tertiary/aromatic N) is 1. The summed E-state index contributed by atoms with van der Waals surface area (Å²) in [5.41, 5.74) is 2.67. The van der Waals surface area contributed by atoms with Gasteiger partial charge in [0, 0.05) is 17.1 Å². The van der Waals surface area contributed by atoms with Crippen molar-refractivity contribution in [1.29, 1.82) is 0 Å². The minimum atomic E-state index is -0.492. The van der Waals surface area contributed by atoms with E-state index in [1.807, 2.05) is 54.6 Å². The van der Waals surface area contributed by atoms with E-state index in [0.717, 1.165) is 17.5 Å². The first-order valence-corrected chi connectivity index (χ1v) is 8.18. The largest absolute Gasteiger partial charge is 0.465 e. The zero-order valence-corrected chi connectivity index (χ0v) is 14.4. The molecule has 0 fully saturated rings. The Hall–Kier alpha value is -2.79. The summed E-state index contributed by atoms with van der Waals surface area (Å²) >= 11 is 5.88. The van der Waals surface area contributed by atoms with E-state index in [-0.39, 0.29) is 0 Å². The van der Waals surface area contributed by atoms with Crippen LogP contribution in [0.5, 0.6) is 0 Å². The Labute approximate surface area is 150 Å². The quantitative estimate of drug-likeness (QED) is 0.661. The summed E-state index contributed by atoms with van der Waals surface area (Å²) in [7, 11) is 1.33. The Morgan fingerprint density at radius 2 is 1.88 bits per heavy atom. The number of hydrogen-bond donors (Lipinski definition) is 1. The summed E-state index contributed by atoms with van der Waals surface area (Å²) < 4.78 is 10.2. The molecule has 0 bridgehead atoms. The number of benzene rings is 2. The summed E-state index contributed by atoms with van der Waals surface area (Å²) in [5.74, 6) is -0.186. The average Bonchev–Trinajstić information content (AvgIpc) is 3.07. The standard InChI is InChI=1S/C19H17ClN2O3/c1-24-19(23)16-17(14-5-3-2-4-6-14)22-25-18(16)21-12-11-13-7-9-15(20)10-8-13/h2-10,21H,11-12H2,1H3. The van der Waals surface area contributed by atoms with Gasteiger partial charge in [-0.1, -0.05) is 59.2 Å². The Morgan fingerprint density at radius 1 is 1.16 bits per heavy atom. The van der Waals surface area contributed by atoms with Gasteiger partial charge in [0.05, 0.1) is 7.11 Å². The fraction of sp³-hybridized carbons (Fsp3) is 0.158. The second kappa shape index (κ2) is 7.85. The van der Waals surface area contributed by atoms with Gasteiger partial charge in [-0.2, -0.15) is 0 Å². The molecule has 25 heavy (non-hydrogen) atoms.